The highest BCUT2D eigenvalue weighted by Crippen LogP contribution is 2.19. The van der Waals surface area contributed by atoms with Crippen LogP contribution in [0.15, 0.2) is 60.9 Å². The van der Waals surface area contributed by atoms with Crippen molar-refractivity contribution in [2.24, 2.45) is 7.05 Å². The second kappa shape index (κ2) is 8.29. The normalized spacial score (nSPS) is 10.5. The fourth-order valence-corrected chi connectivity index (χ4v) is 2.49. The van der Waals surface area contributed by atoms with Crippen molar-refractivity contribution in [1.82, 2.24) is 9.78 Å². The van der Waals surface area contributed by atoms with Crippen molar-refractivity contribution in [1.29, 1.82) is 0 Å². The molecule has 1 heterocycles. The molecule has 0 bridgehead atoms. The summed E-state index contributed by atoms with van der Waals surface area (Å²) in [7, 11) is 1.85. The van der Waals surface area contributed by atoms with Gasteiger partial charge < -0.3 is 10.1 Å². The van der Waals surface area contributed by atoms with Gasteiger partial charge in [-0.15, -0.1) is 0 Å². The molecule has 0 fully saturated rings. The van der Waals surface area contributed by atoms with Gasteiger partial charge >= 0.3 is 0 Å². The lowest BCUT2D eigenvalue weighted by atomic mass is 10.2. The van der Waals surface area contributed by atoms with Gasteiger partial charge in [-0.3, -0.25) is 9.48 Å². The molecule has 1 N–H and O–H groups in total. The summed E-state index contributed by atoms with van der Waals surface area (Å²) >= 11 is 0. The van der Waals surface area contributed by atoms with Crippen LogP contribution in [0.3, 0.4) is 0 Å². The van der Waals surface area contributed by atoms with Crippen LogP contribution >= 0.6 is 0 Å². The van der Waals surface area contributed by atoms with Crippen molar-refractivity contribution in [3.05, 3.63) is 77.9 Å². The Morgan fingerprint density at radius 2 is 2.00 bits per heavy atom. The number of anilines is 1. The molecule has 26 heavy (non-hydrogen) atoms. The Hall–Kier alpha value is -3.15. The zero-order valence-corrected chi connectivity index (χ0v) is 14.5. The van der Waals surface area contributed by atoms with Gasteiger partial charge in [-0.2, -0.15) is 5.10 Å². The molecule has 0 saturated heterocycles. The van der Waals surface area contributed by atoms with E-state index in [0.29, 0.717) is 30.9 Å². The molecule has 0 aliphatic heterocycles. The predicted molar refractivity (Wildman–Crippen MR) is 97.3 cm³/mol. The average molecular weight is 353 g/mol. The van der Waals surface area contributed by atoms with Gasteiger partial charge in [0.2, 0.25) is 5.91 Å². The molecule has 0 saturated carbocycles. The van der Waals surface area contributed by atoms with E-state index >= 15 is 0 Å². The maximum absolute atomic E-state index is 12.9. The predicted octanol–water partition coefficient (Wildman–Crippen LogP) is 3.71. The Morgan fingerprint density at radius 1 is 1.19 bits per heavy atom. The first kappa shape index (κ1) is 17.7. The highest BCUT2D eigenvalue weighted by Gasteiger charge is 2.06. The Morgan fingerprint density at radius 3 is 2.73 bits per heavy atom. The number of carbonyl (C=O) groups excluding carboxylic acids is 1. The number of benzene rings is 2. The summed E-state index contributed by atoms with van der Waals surface area (Å²) in [4.78, 5) is 12.1. The molecule has 1 aromatic heterocycles. The number of nitrogens with one attached hydrogen (secondary N) is 1. The zero-order chi connectivity index (χ0) is 18.4. The van der Waals surface area contributed by atoms with Gasteiger partial charge in [0.05, 0.1) is 6.20 Å². The molecule has 0 spiro atoms. The summed E-state index contributed by atoms with van der Waals surface area (Å²) in [5.74, 6) is 0.300. The summed E-state index contributed by atoms with van der Waals surface area (Å²) in [5, 5.41) is 6.96. The first-order chi connectivity index (χ1) is 12.6. The van der Waals surface area contributed by atoms with Crippen LogP contribution in [0.5, 0.6) is 5.75 Å². The lowest BCUT2D eigenvalue weighted by Crippen LogP contribution is -2.12. The monoisotopic (exact) mass is 353 g/mol. The Kier molecular flexibility index (Phi) is 5.63. The largest absolute Gasteiger partial charge is 0.489 e. The third kappa shape index (κ3) is 5.17. The van der Waals surface area contributed by atoms with Crippen LogP contribution in [0.2, 0.25) is 0 Å². The van der Waals surface area contributed by atoms with Crippen molar-refractivity contribution in [3.63, 3.8) is 0 Å². The number of aromatic nitrogens is 2. The first-order valence-electron chi connectivity index (χ1n) is 8.33. The van der Waals surface area contributed by atoms with E-state index in [1.807, 2.05) is 31.4 Å². The number of ether oxygens (including phenoxy) is 1. The lowest BCUT2D eigenvalue weighted by Gasteiger charge is -2.09. The van der Waals surface area contributed by atoms with Crippen molar-refractivity contribution in [2.45, 2.75) is 19.4 Å². The number of amides is 1. The second-order valence-corrected chi connectivity index (χ2v) is 6.01. The topological polar surface area (TPSA) is 56.2 Å². The van der Waals surface area contributed by atoms with Crippen LogP contribution in [0, 0.1) is 5.82 Å². The van der Waals surface area contributed by atoms with E-state index in [4.69, 9.17) is 4.74 Å². The fraction of sp³-hybridized carbons (Fsp3) is 0.200. The first-order valence-corrected chi connectivity index (χ1v) is 8.33. The summed E-state index contributed by atoms with van der Waals surface area (Å²) < 4.78 is 20.3. The molecule has 0 radical (unpaired) electrons. The fourth-order valence-electron chi connectivity index (χ4n) is 2.49. The van der Waals surface area contributed by atoms with Gasteiger partial charge in [-0.1, -0.05) is 18.2 Å². The zero-order valence-electron chi connectivity index (χ0n) is 14.5. The molecule has 134 valence electrons. The highest BCUT2D eigenvalue weighted by molar-refractivity contribution is 5.91. The molecule has 3 aromatic rings. The van der Waals surface area contributed by atoms with E-state index in [2.05, 4.69) is 10.4 Å². The molecular weight excluding hydrogens is 333 g/mol. The van der Waals surface area contributed by atoms with Crippen LogP contribution in [-0.4, -0.2) is 15.7 Å². The van der Waals surface area contributed by atoms with E-state index < -0.39 is 0 Å². The second-order valence-electron chi connectivity index (χ2n) is 6.01. The van der Waals surface area contributed by atoms with Crippen LogP contribution in [0.1, 0.15) is 17.5 Å². The lowest BCUT2D eigenvalue weighted by molar-refractivity contribution is -0.116. The number of halogens is 1. The molecule has 0 aliphatic rings. The number of nitrogens with zero attached hydrogens (tertiary/aromatic N) is 2. The molecule has 2 aromatic carbocycles. The standard InChI is InChI=1S/C20H20FN3O2/c1-24-13-16(12-22-24)7-10-20(25)23-18-3-2-4-19(11-18)26-14-15-5-8-17(21)9-6-15/h2-6,8-9,11-13H,7,10,14H2,1H3,(H,23,25). The number of hydrogen-bond acceptors (Lipinski definition) is 3. The Bertz CT molecular complexity index is 875. The smallest absolute Gasteiger partial charge is 0.224 e. The van der Waals surface area contributed by atoms with Gasteiger partial charge in [-0.25, -0.2) is 4.39 Å². The van der Waals surface area contributed by atoms with Crippen LogP contribution < -0.4 is 10.1 Å². The third-order valence-electron chi connectivity index (χ3n) is 3.84. The number of rotatable bonds is 7. The Labute approximate surface area is 151 Å². The summed E-state index contributed by atoms with van der Waals surface area (Å²) in [6, 6.07) is 13.4. The van der Waals surface area contributed by atoms with Crippen molar-refractivity contribution in [3.8, 4) is 5.75 Å². The average Bonchev–Trinajstić information content (AvgIpc) is 3.05. The quantitative estimate of drug-likeness (QED) is 0.704. The minimum absolute atomic E-state index is 0.0652. The summed E-state index contributed by atoms with van der Waals surface area (Å²) in [6.45, 7) is 0.332. The molecule has 5 nitrogen and oxygen atoms in total. The summed E-state index contributed by atoms with van der Waals surface area (Å²) in [6.07, 6.45) is 4.68. The van der Waals surface area contributed by atoms with Gasteiger partial charge in [0.1, 0.15) is 18.2 Å². The molecular formula is C20H20FN3O2. The highest BCUT2D eigenvalue weighted by atomic mass is 19.1. The molecule has 0 unspecified atom stereocenters. The van der Waals surface area contributed by atoms with E-state index in [1.165, 1.54) is 12.1 Å². The minimum atomic E-state index is -0.273. The molecule has 0 aliphatic carbocycles. The Balaban J connectivity index is 1.51. The van der Waals surface area contributed by atoms with Crippen molar-refractivity contribution < 1.29 is 13.9 Å². The van der Waals surface area contributed by atoms with Crippen LogP contribution in [0.25, 0.3) is 0 Å². The van der Waals surface area contributed by atoms with E-state index in [9.17, 15) is 9.18 Å². The van der Waals surface area contributed by atoms with E-state index in [1.54, 1.807) is 29.1 Å². The maximum atomic E-state index is 12.9. The number of hydrogen-bond donors (Lipinski definition) is 1. The van der Waals surface area contributed by atoms with E-state index in [-0.39, 0.29) is 11.7 Å². The molecule has 0 atom stereocenters. The summed E-state index contributed by atoms with van der Waals surface area (Å²) in [5.41, 5.74) is 2.58. The van der Waals surface area contributed by atoms with Crippen molar-refractivity contribution >= 4 is 11.6 Å². The van der Waals surface area contributed by atoms with Crippen LogP contribution in [-0.2, 0) is 24.9 Å². The number of aryl methyl sites for hydroxylation is 2. The molecule has 3 rings (SSSR count). The van der Waals surface area contributed by atoms with Crippen molar-refractivity contribution in [2.75, 3.05) is 5.32 Å². The SMILES string of the molecule is Cn1cc(CCC(=O)Nc2cccc(OCc3ccc(F)cc3)c2)cn1. The number of carbonyl (C=O) groups is 1. The van der Waals surface area contributed by atoms with E-state index in [0.717, 1.165) is 11.1 Å². The molecule has 6 heteroatoms. The third-order valence-corrected chi connectivity index (χ3v) is 3.84. The maximum Gasteiger partial charge on any atom is 0.224 e. The van der Waals surface area contributed by atoms with Crippen LogP contribution in [0.4, 0.5) is 10.1 Å². The molecule has 1 amide bonds. The van der Waals surface area contributed by atoms with Gasteiger partial charge in [0.25, 0.3) is 0 Å². The minimum Gasteiger partial charge on any atom is -0.489 e. The van der Waals surface area contributed by atoms with Gasteiger partial charge in [0.15, 0.2) is 0 Å². The van der Waals surface area contributed by atoms with Gasteiger partial charge in [0, 0.05) is 31.4 Å². The van der Waals surface area contributed by atoms with Gasteiger partial charge in [-0.05, 0) is 41.8 Å².